The van der Waals surface area contributed by atoms with Crippen LogP contribution in [0.4, 0.5) is 10.1 Å². The van der Waals surface area contributed by atoms with Crippen LogP contribution in [0.5, 0.6) is 5.75 Å². The van der Waals surface area contributed by atoms with Crippen molar-refractivity contribution in [3.63, 3.8) is 0 Å². The molecule has 0 aliphatic heterocycles. The lowest BCUT2D eigenvalue weighted by Gasteiger charge is -2.12. The number of carbonyl (C=O) groups is 1. The normalized spacial score (nSPS) is 10.0. The van der Waals surface area contributed by atoms with E-state index in [1.54, 1.807) is 0 Å². The number of benzene rings is 1. The SMILES string of the molecule is C.COc1c(Cl)ccc(-c2cc(N)c(Cl)c(C(=O)[O-])n2)c1F. The smallest absolute Gasteiger partial charge is 0.175 e. The summed E-state index contributed by atoms with van der Waals surface area (Å²) in [7, 11) is 1.25. The van der Waals surface area contributed by atoms with E-state index in [0.717, 1.165) is 0 Å². The molecule has 2 aromatic rings. The van der Waals surface area contributed by atoms with Crippen LogP contribution in [-0.4, -0.2) is 18.1 Å². The molecule has 2 N–H and O–H groups in total. The Kier molecular flexibility index (Phi) is 5.57. The van der Waals surface area contributed by atoms with Crippen molar-refractivity contribution in [3.8, 4) is 17.0 Å². The largest absolute Gasteiger partial charge is 0.543 e. The van der Waals surface area contributed by atoms with Gasteiger partial charge >= 0.3 is 0 Å². The number of hydrogen-bond acceptors (Lipinski definition) is 5. The predicted molar refractivity (Wildman–Crippen MR) is 81.7 cm³/mol. The van der Waals surface area contributed by atoms with Crippen molar-refractivity contribution in [2.24, 2.45) is 0 Å². The maximum atomic E-state index is 14.3. The highest BCUT2D eigenvalue weighted by atomic mass is 35.5. The molecular weight excluding hydrogens is 334 g/mol. The summed E-state index contributed by atoms with van der Waals surface area (Å²) in [6.07, 6.45) is 0. The van der Waals surface area contributed by atoms with Gasteiger partial charge in [-0.1, -0.05) is 30.6 Å². The Morgan fingerprint density at radius 3 is 2.59 bits per heavy atom. The van der Waals surface area contributed by atoms with Crippen LogP contribution in [-0.2, 0) is 0 Å². The van der Waals surface area contributed by atoms with Gasteiger partial charge in [0.1, 0.15) is 5.69 Å². The molecule has 118 valence electrons. The third kappa shape index (κ3) is 3.08. The molecule has 0 atom stereocenters. The van der Waals surface area contributed by atoms with E-state index in [9.17, 15) is 14.3 Å². The van der Waals surface area contributed by atoms with E-state index in [4.69, 9.17) is 33.7 Å². The van der Waals surface area contributed by atoms with Crippen molar-refractivity contribution in [2.45, 2.75) is 7.43 Å². The summed E-state index contributed by atoms with van der Waals surface area (Å²) >= 11 is 11.5. The molecule has 1 aromatic carbocycles. The number of pyridine rings is 1. The van der Waals surface area contributed by atoms with Gasteiger partial charge in [-0.3, -0.25) is 0 Å². The summed E-state index contributed by atoms with van der Waals surface area (Å²) in [6, 6.07) is 3.97. The summed E-state index contributed by atoms with van der Waals surface area (Å²) in [5.41, 5.74) is 4.92. The van der Waals surface area contributed by atoms with Crippen LogP contribution < -0.4 is 15.6 Å². The number of carboxylic acids is 1. The van der Waals surface area contributed by atoms with Gasteiger partial charge in [-0.25, -0.2) is 9.37 Å². The number of hydrogen-bond donors (Lipinski definition) is 1. The number of halogens is 3. The second-order valence-electron chi connectivity index (χ2n) is 3.99. The van der Waals surface area contributed by atoms with E-state index in [1.807, 2.05) is 0 Å². The number of rotatable bonds is 3. The number of nitrogens with two attached hydrogens (primary N) is 1. The zero-order valence-corrected chi connectivity index (χ0v) is 12.1. The summed E-state index contributed by atoms with van der Waals surface area (Å²) < 4.78 is 19.1. The Bertz CT molecular complexity index is 739. The molecule has 0 radical (unpaired) electrons. The predicted octanol–water partition coefficient (Wildman–Crippen LogP) is 2.78. The van der Waals surface area contributed by atoms with Crippen molar-refractivity contribution in [2.75, 3.05) is 12.8 Å². The zero-order valence-electron chi connectivity index (χ0n) is 10.6. The fraction of sp³-hybridized carbons (Fsp3) is 0.143. The number of anilines is 1. The Balaban J connectivity index is 0.00000242. The highest BCUT2D eigenvalue weighted by Gasteiger charge is 2.18. The first-order valence-electron chi connectivity index (χ1n) is 5.56. The Hall–Kier alpha value is -2.05. The number of nitrogen functional groups attached to an aromatic ring is 1. The lowest BCUT2D eigenvalue weighted by atomic mass is 10.1. The van der Waals surface area contributed by atoms with Crippen LogP contribution in [0.2, 0.25) is 10.0 Å². The van der Waals surface area contributed by atoms with Gasteiger partial charge < -0.3 is 20.4 Å². The average molecular weight is 346 g/mol. The molecule has 0 bridgehead atoms. The van der Waals surface area contributed by atoms with Gasteiger partial charge in [0, 0.05) is 5.56 Å². The molecule has 1 heterocycles. The minimum absolute atomic E-state index is 0. The topological polar surface area (TPSA) is 88.3 Å². The molecule has 0 amide bonds. The van der Waals surface area contributed by atoms with Crippen LogP contribution in [0.15, 0.2) is 18.2 Å². The van der Waals surface area contributed by atoms with Crippen LogP contribution >= 0.6 is 23.2 Å². The lowest BCUT2D eigenvalue weighted by molar-refractivity contribution is -0.255. The molecule has 0 unspecified atom stereocenters. The number of carboxylic acid groups (broad SMARTS) is 1. The van der Waals surface area contributed by atoms with Crippen LogP contribution in [0.25, 0.3) is 11.3 Å². The number of aromatic nitrogens is 1. The second kappa shape index (κ2) is 6.81. The van der Waals surface area contributed by atoms with Crippen molar-refractivity contribution in [3.05, 3.63) is 39.8 Å². The van der Waals surface area contributed by atoms with Gasteiger partial charge in [0.15, 0.2) is 11.6 Å². The van der Waals surface area contributed by atoms with E-state index in [2.05, 4.69) is 4.98 Å². The lowest BCUT2D eigenvalue weighted by Crippen LogP contribution is -2.24. The molecule has 0 aliphatic rings. The van der Waals surface area contributed by atoms with Gasteiger partial charge in [-0.2, -0.15) is 0 Å². The third-order valence-electron chi connectivity index (χ3n) is 2.71. The molecule has 0 saturated carbocycles. The Morgan fingerprint density at radius 2 is 2.05 bits per heavy atom. The van der Waals surface area contributed by atoms with Crippen LogP contribution in [0.3, 0.4) is 0 Å². The summed E-state index contributed by atoms with van der Waals surface area (Å²) in [6.45, 7) is 0. The van der Waals surface area contributed by atoms with Gasteiger partial charge in [0.25, 0.3) is 0 Å². The zero-order chi connectivity index (χ0) is 15.7. The maximum Gasteiger partial charge on any atom is 0.175 e. The van der Waals surface area contributed by atoms with Gasteiger partial charge in [-0.15, -0.1) is 0 Å². The van der Waals surface area contributed by atoms with Gasteiger partial charge in [0.2, 0.25) is 0 Å². The number of nitrogens with zero attached hydrogens (tertiary/aromatic N) is 1. The molecule has 0 spiro atoms. The Labute approximate surface area is 136 Å². The van der Waals surface area contributed by atoms with E-state index in [0.29, 0.717) is 0 Å². The third-order valence-corrected chi connectivity index (χ3v) is 3.40. The number of carbonyl (C=O) groups excluding carboxylic acids is 1. The Morgan fingerprint density at radius 1 is 1.41 bits per heavy atom. The molecule has 5 nitrogen and oxygen atoms in total. The first-order chi connectivity index (χ1) is 9.86. The fourth-order valence-corrected chi connectivity index (χ4v) is 2.14. The van der Waals surface area contributed by atoms with E-state index in [-0.39, 0.29) is 40.2 Å². The quantitative estimate of drug-likeness (QED) is 0.923. The molecule has 0 fully saturated rings. The molecule has 1 aromatic heterocycles. The first kappa shape index (κ1) is 18.0. The summed E-state index contributed by atoms with van der Waals surface area (Å²) in [5.74, 6) is -2.59. The minimum Gasteiger partial charge on any atom is -0.543 e. The molecule has 8 heteroatoms. The van der Waals surface area contributed by atoms with Crippen molar-refractivity contribution < 1.29 is 19.0 Å². The van der Waals surface area contributed by atoms with Crippen molar-refractivity contribution in [1.82, 2.24) is 4.98 Å². The minimum atomic E-state index is -1.62. The van der Waals surface area contributed by atoms with Crippen LogP contribution in [0.1, 0.15) is 17.9 Å². The monoisotopic (exact) mass is 345 g/mol. The molecular formula is C14H12Cl2FN2O3-. The van der Waals surface area contributed by atoms with E-state index in [1.165, 1.54) is 25.3 Å². The fourth-order valence-electron chi connectivity index (χ4n) is 1.74. The summed E-state index contributed by atoms with van der Waals surface area (Å²) in [4.78, 5) is 14.7. The summed E-state index contributed by atoms with van der Waals surface area (Å²) in [5, 5.41) is 10.8. The second-order valence-corrected chi connectivity index (χ2v) is 4.77. The molecule has 2 rings (SSSR count). The molecule has 0 saturated heterocycles. The van der Waals surface area contributed by atoms with E-state index >= 15 is 0 Å². The number of ether oxygens (including phenoxy) is 1. The highest BCUT2D eigenvalue weighted by Crippen LogP contribution is 2.36. The first-order valence-corrected chi connectivity index (χ1v) is 6.32. The van der Waals surface area contributed by atoms with Crippen molar-refractivity contribution >= 4 is 34.9 Å². The van der Waals surface area contributed by atoms with Crippen molar-refractivity contribution in [1.29, 1.82) is 0 Å². The standard InChI is InChI=1S/C13H9Cl2FN2O3.CH4/c1-21-12-6(14)3-2-5(10(12)16)8-4-7(17)9(15)11(18-8)13(19)20;/h2-4H,1H3,(H2,17,18)(H,19,20);1H4/p-1. The van der Waals surface area contributed by atoms with E-state index < -0.39 is 17.5 Å². The van der Waals surface area contributed by atoms with Gasteiger partial charge in [-0.05, 0) is 18.2 Å². The van der Waals surface area contributed by atoms with Gasteiger partial charge in [0.05, 0.1) is 34.5 Å². The number of methoxy groups -OCH3 is 1. The average Bonchev–Trinajstić information content (AvgIpc) is 2.42. The molecule has 22 heavy (non-hydrogen) atoms. The number of aromatic carboxylic acids is 1. The highest BCUT2D eigenvalue weighted by molar-refractivity contribution is 6.35. The maximum absolute atomic E-state index is 14.3. The van der Waals surface area contributed by atoms with Crippen LogP contribution in [0, 0.1) is 5.82 Å². The molecule has 0 aliphatic carbocycles.